The highest BCUT2D eigenvalue weighted by atomic mass is 16.3. The molecule has 1 atom stereocenters. The van der Waals surface area contributed by atoms with Gasteiger partial charge in [-0.2, -0.15) is 0 Å². The summed E-state index contributed by atoms with van der Waals surface area (Å²) in [7, 11) is 0. The first-order valence-corrected chi connectivity index (χ1v) is 6.24. The lowest BCUT2D eigenvalue weighted by Crippen LogP contribution is -2.42. The number of aryl methyl sites for hydroxylation is 1. The molecule has 0 aliphatic heterocycles. The van der Waals surface area contributed by atoms with E-state index in [1.807, 2.05) is 31.2 Å². The van der Waals surface area contributed by atoms with Gasteiger partial charge in [0.1, 0.15) is 11.8 Å². The van der Waals surface area contributed by atoms with Crippen molar-refractivity contribution in [3.05, 3.63) is 47.7 Å². The number of amides is 2. The fourth-order valence-corrected chi connectivity index (χ4v) is 1.67. The largest absolute Gasteiger partial charge is 0.451 e. The van der Waals surface area contributed by atoms with Gasteiger partial charge in [0.2, 0.25) is 5.91 Å². The summed E-state index contributed by atoms with van der Waals surface area (Å²) in [5.74, 6) is -0.311. The first-order chi connectivity index (χ1) is 9.47. The summed E-state index contributed by atoms with van der Waals surface area (Å²) in [4.78, 5) is 22.7. The van der Waals surface area contributed by atoms with Crippen molar-refractivity contribution in [1.29, 1.82) is 0 Å². The van der Waals surface area contributed by atoms with E-state index >= 15 is 0 Å². The minimum atomic E-state index is -0.740. The molecule has 0 saturated carbocycles. The maximum absolute atomic E-state index is 11.8. The van der Waals surface area contributed by atoms with Crippen molar-refractivity contribution < 1.29 is 14.0 Å². The lowest BCUT2D eigenvalue weighted by molar-refractivity contribution is -0.119. The molecule has 2 amide bonds. The van der Waals surface area contributed by atoms with Crippen molar-refractivity contribution in [2.45, 2.75) is 19.9 Å². The maximum Gasteiger partial charge on any atom is 0.287 e. The van der Waals surface area contributed by atoms with Crippen LogP contribution in [0.4, 0.5) is 0 Å². The van der Waals surface area contributed by atoms with Crippen LogP contribution in [0, 0.1) is 6.92 Å². The molecule has 0 saturated heterocycles. The molecule has 0 aliphatic carbocycles. The molecule has 1 unspecified atom stereocenters. The molecule has 104 valence electrons. The van der Waals surface area contributed by atoms with Gasteiger partial charge in [-0.3, -0.25) is 9.59 Å². The summed E-state index contributed by atoms with van der Waals surface area (Å²) in [6, 6.07) is 10.3. The minimum absolute atomic E-state index is 0.147. The summed E-state index contributed by atoms with van der Waals surface area (Å²) in [6.45, 7) is 3.51. The molecule has 0 fully saturated rings. The molecular weight excluding hydrogens is 256 g/mol. The van der Waals surface area contributed by atoms with E-state index in [9.17, 15) is 9.59 Å². The van der Waals surface area contributed by atoms with E-state index in [0.717, 1.165) is 11.1 Å². The summed E-state index contributed by atoms with van der Waals surface area (Å²) < 4.78 is 5.49. The monoisotopic (exact) mass is 272 g/mol. The molecule has 5 nitrogen and oxygen atoms in total. The molecule has 0 bridgehead atoms. The Kier molecular flexibility index (Phi) is 3.89. The van der Waals surface area contributed by atoms with Gasteiger partial charge in [-0.25, -0.2) is 0 Å². The second-order valence-corrected chi connectivity index (χ2v) is 4.63. The van der Waals surface area contributed by atoms with Crippen LogP contribution in [0.3, 0.4) is 0 Å². The first-order valence-electron chi connectivity index (χ1n) is 6.24. The second kappa shape index (κ2) is 5.61. The zero-order valence-corrected chi connectivity index (χ0v) is 11.3. The molecule has 5 heteroatoms. The third kappa shape index (κ3) is 3.06. The minimum Gasteiger partial charge on any atom is -0.451 e. The van der Waals surface area contributed by atoms with Crippen molar-refractivity contribution >= 4 is 11.8 Å². The van der Waals surface area contributed by atoms with E-state index in [1.54, 1.807) is 12.1 Å². The molecule has 2 rings (SSSR count). The van der Waals surface area contributed by atoms with Crippen LogP contribution in [0.25, 0.3) is 11.3 Å². The smallest absolute Gasteiger partial charge is 0.287 e. The molecule has 0 spiro atoms. The number of benzene rings is 1. The summed E-state index contributed by atoms with van der Waals surface area (Å²) in [6.07, 6.45) is 0. The third-order valence-electron chi connectivity index (χ3n) is 2.94. The second-order valence-electron chi connectivity index (χ2n) is 4.63. The van der Waals surface area contributed by atoms with E-state index < -0.39 is 17.9 Å². The zero-order valence-electron chi connectivity index (χ0n) is 11.3. The predicted octanol–water partition coefficient (Wildman–Crippen LogP) is 1.86. The number of furan rings is 1. The molecule has 1 heterocycles. The van der Waals surface area contributed by atoms with Crippen LogP contribution in [-0.4, -0.2) is 17.9 Å². The van der Waals surface area contributed by atoms with Gasteiger partial charge in [-0.1, -0.05) is 29.8 Å². The Morgan fingerprint density at radius 3 is 2.40 bits per heavy atom. The highest BCUT2D eigenvalue weighted by Crippen LogP contribution is 2.22. The summed E-state index contributed by atoms with van der Waals surface area (Å²) in [5, 5.41) is 2.46. The van der Waals surface area contributed by atoms with E-state index in [4.69, 9.17) is 10.2 Å². The van der Waals surface area contributed by atoms with Crippen LogP contribution < -0.4 is 11.1 Å². The Hall–Kier alpha value is -2.56. The molecule has 3 N–H and O–H groups in total. The van der Waals surface area contributed by atoms with Crippen molar-refractivity contribution in [1.82, 2.24) is 5.32 Å². The van der Waals surface area contributed by atoms with Crippen LogP contribution >= 0.6 is 0 Å². The number of nitrogens with two attached hydrogens (primary N) is 1. The Morgan fingerprint density at radius 1 is 1.15 bits per heavy atom. The molecule has 20 heavy (non-hydrogen) atoms. The lowest BCUT2D eigenvalue weighted by atomic mass is 10.1. The fourth-order valence-electron chi connectivity index (χ4n) is 1.67. The van der Waals surface area contributed by atoms with Gasteiger partial charge in [0, 0.05) is 5.56 Å². The molecule has 1 aromatic carbocycles. The highest BCUT2D eigenvalue weighted by molar-refractivity contribution is 5.95. The topological polar surface area (TPSA) is 85.3 Å². The molecular formula is C15H16N2O3. The lowest BCUT2D eigenvalue weighted by Gasteiger charge is -2.07. The number of hydrogen-bond donors (Lipinski definition) is 2. The predicted molar refractivity (Wildman–Crippen MR) is 75.0 cm³/mol. The number of nitrogens with one attached hydrogen (secondary N) is 1. The SMILES string of the molecule is Cc1ccc(-c2ccc(C(=O)NC(C)C(N)=O)o2)cc1. The van der Waals surface area contributed by atoms with Gasteiger partial charge in [0.15, 0.2) is 5.76 Å². The van der Waals surface area contributed by atoms with Gasteiger partial charge in [-0.15, -0.1) is 0 Å². The molecule has 0 aliphatic rings. The van der Waals surface area contributed by atoms with Gasteiger partial charge in [0.25, 0.3) is 5.91 Å². The van der Waals surface area contributed by atoms with Crippen molar-refractivity contribution in [2.24, 2.45) is 5.73 Å². The van der Waals surface area contributed by atoms with Crippen LogP contribution in [0.5, 0.6) is 0 Å². The number of carbonyl (C=O) groups is 2. The van der Waals surface area contributed by atoms with Gasteiger partial charge in [0.05, 0.1) is 0 Å². The Balaban J connectivity index is 2.14. The van der Waals surface area contributed by atoms with Crippen molar-refractivity contribution in [3.63, 3.8) is 0 Å². The number of hydrogen-bond acceptors (Lipinski definition) is 3. The zero-order chi connectivity index (χ0) is 14.7. The Morgan fingerprint density at radius 2 is 1.80 bits per heavy atom. The average Bonchev–Trinajstić information content (AvgIpc) is 2.89. The normalized spacial score (nSPS) is 11.9. The Labute approximate surface area is 116 Å². The van der Waals surface area contributed by atoms with Crippen molar-refractivity contribution in [2.75, 3.05) is 0 Å². The summed E-state index contributed by atoms with van der Waals surface area (Å²) >= 11 is 0. The molecule has 0 radical (unpaired) electrons. The van der Waals surface area contributed by atoms with Crippen molar-refractivity contribution in [3.8, 4) is 11.3 Å². The van der Waals surface area contributed by atoms with Gasteiger partial charge < -0.3 is 15.5 Å². The van der Waals surface area contributed by atoms with E-state index in [0.29, 0.717) is 5.76 Å². The first kappa shape index (κ1) is 13.9. The molecule has 1 aromatic heterocycles. The molecule has 2 aromatic rings. The van der Waals surface area contributed by atoms with Gasteiger partial charge in [-0.05, 0) is 26.0 Å². The number of primary amides is 1. The fraction of sp³-hybridized carbons (Fsp3) is 0.200. The van der Waals surface area contributed by atoms with E-state index in [1.165, 1.54) is 6.92 Å². The van der Waals surface area contributed by atoms with Crippen LogP contribution in [0.1, 0.15) is 23.0 Å². The average molecular weight is 272 g/mol. The van der Waals surface area contributed by atoms with E-state index in [-0.39, 0.29) is 5.76 Å². The van der Waals surface area contributed by atoms with Crippen LogP contribution in [0.15, 0.2) is 40.8 Å². The number of carbonyl (C=O) groups excluding carboxylic acids is 2. The third-order valence-corrected chi connectivity index (χ3v) is 2.94. The standard InChI is InChI=1S/C15H16N2O3/c1-9-3-5-11(6-4-9)12-7-8-13(20-12)15(19)17-10(2)14(16)18/h3-8,10H,1-2H3,(H2,16,18)(H,17,19). The van der Waals surface area contributed by atoms with E-state index in [2.05, 4.69) is 5.32 Å². The van der Waals surface area contributed by atoms with Gasteiger partial charge >= 0.3 is 0 Å². The number of rotatable bonds is 4. The Bertz CT molecular complexity index is 629. The maximum atomic E-state index is 11.8. The summed E-state index contributed by atoms with van der Waals surface area (Å²) in [5.41, 5.74) is 7.12. The highest BCUT2D eigenvalue weighted by Gasteiger charge is 2.17. The van der Waals surface area contributed by atoms with Crippen LogP contribution in [0.2, 0.25) is 0 Å². The quantitative estimate of drug-likeness (QED) is 0.890. The van der Waals surface area contributed by atoms with Crippen LogP contribution in [-0.2, 0) is 4.79 Å².